The Labute approximate surface area is 149 Å². The Bertz CT molecular complexity index is 750. The molecule has 0 radical (unpaired) electrons. The molecule has 4 rings (SSSR count). The van der Waals surface area contributed by atoms with Gasteiger partial charge in [-0.1, -0.05) is 37.1 Å². The summed E-state index contributed by atoms with van der Waals surface area (Å²) in [6.45, 7) is 3.61. The molecule has 1 fully saturated rings. The Morgan fingerprint density at radius 2 is 1.68 bits per heavy atom. The van der Waals surface area contributed by atoms with Gasteiger partial charge in [-0.2, -0.15) is 0 Å². The van der Waals surface area contributed by atoms with E-state index in [9.17, 15) is 4.79 Å². The molecule has 4 heteroatoms. The van der Waals surface area contributed by atoms with E-state index in [0.29, 0.717) is 12.2 Å². The van der Waals surface area contributed by atoms with E-state index in [1.165, 1.54) is 36.8 Å². The maximum absolute atomic E-state index is 13.0. The first-order chi connectivity index (χ1) is 12.3. The minimum atomic E-state index is 0.0474. The van der Waals surface area contributed by atoms with Crippen LogP contribution in [0.15, 0.2) is 42.6 Å². The number of hydrogen-bond donors (Lipinski definition) is 0. The fraction of sp³-hybridized carbons (Fsp3) is 0.429. The summed E-state index contributed by atoms with van der Waals surface area (Å²) in [6, 6.07) is 12.4. The van der Waals surface area contributed by atoms with Crippen LogP contribution in [-0.2, 0) is 13.0 Å². The maximum Gasteiger partial charge on any atom is 0.272 e. The summed E-state index contributed by atoms with van der Waals surface area (Å²) in [4.78, 5) is 21.7. The molecule has 2 aliphatic rings. The lowest BCUT2D eigenvalue weighted by molar-refractivity contribution is 0.0729. The zero-order valence-corrected chi connectivity index (χ0v) is 14.7. The van der Waals surface area contributed by atoms with Crippen LogP contribution in [0.3, 0.4) is 0 Å². The fourth-order valence-electron chi connectivity index (χ4n) is 3.89. The lowest BCUT2D eigenvalue weighted by Crippen LogP contribution is -2.36. The number of hydrogen-bond acceptors (Lipinski definition) is 3. The molecule has 0 N–H and O–H groups in total. The molecule has 3 heterocycles. The first-order valence-corrected chi connectivity index (χ1v) is 9.38. The van der Waals surface area contributed by atoms with Crippen molar-refractivity contribution in [1.82, 2.24) is 9.88 Å². The average molecular weight is 335 g/mol. The van der Waals surface area contributed by atoms with Crippen LogP contribution < -0.4 is 4.90 Å². The van der Waals surface area contributed by atoms with Crippen molar-refractivity contribution < 1.29 is 4.79 Å². The topological polar surface area (TPSA) is 36.4 Å². The summed E-state index contributed by atoms with van der Waals surface area (Å²) in [5, 5.41) is 0. The highest BCUT2D eigenvalue weighted by Gasteiger charge is 2.23. The molecule has 4 nitrogen and oxygen atoms in total. The summed E-state index contributed by atoms with van der Waals surface area (Å²) in [5.74, 6) is 0.0474. The van der Waals surface area contributed by atoms with E-state index in [2.05, 4.69) is 28.1 Å². The molecule has 0 spiro atoms. The average Bonchev–Trinajstić information content (AvgIpc) is 2.97. The number of benzene rings is 1. The zero-order chi connectivity index (χ0) is 17.1. The highest BCUT2D eigenvalue weighted by atomic mass is 16.2. The largest absolute Gasteiger partial charge is 0.371 e. The number of fused-ring (bicyclic) bond motifs is 1. The first-order valence-electron chi connectivity index (χ1n) is 9.38. The van der Waals surface area contributed by atoms with Crippen LogP contribution >= 0.6 is 0 Å². The first kappa shape index (κ1) is 16.1. The fourth-order valence-corrected chi connectivity index (χ4v) is 3.89. The van der Waals surface area contributed by atoms with Gasteiger partial charge in [0, 0.05) is 38.1 Å². The minimum absolute atomic E-state index is 0.0474. The summed E-state index contributed by atoms with van der Waals surface area (Å²) in [6.07, 6.45) is 7.78. The quantitative estimate of drug-likeness (QED) is 0.840. The van der Waals surface area contributed by atoms with Crippen molar-refractivity contribution in [1.29, 1.82) is 0 Å². The number of carbonyl (C=O) groups excluding carboxylic acids is 1. The van der Waals surface area contributed by atoms with Gasteiger partial charge in [-0.05, 0) is 42.5 Å². The third-order valence-corrected chi connectivity index (χ3v) is 5.35. The molecule has 130 valence electrons. The maximum atomic E-state index is 13.0. The Hall–Kier alpha value is -2.36. The van der Waals surface area contributed by atoms with Crippen LogP contribution in [-0.4, -0.2) is 35.4 Å². The molecule has 1 aromatic carbocycles. The van der Waals surface area contributed by atoms with Crippen molar-refractivity contribution >= 4 is 11.6 Å². The molecule has 0 unspecified atom stereocenters. The SMILES string of the molecule is O=C(c1cc(N2CCCCCC2)ccn1)N1CCc2ccccc2C1. The van der Waals surface area contributed by atoms with Gasteiger partial charge < -0.3 is 9.80 Å². The lowest BCUT2D eigenvalue weighted by atomic mass is 10.00. The predicted octanol–water partition coefficient (Wildman–Crippen LogP) is 3.66. The van der Waals surface area contributed by atoms with Gasteiger partial charge in [-0.15, -0.1) is 0 Å². The van der Waals surface area contributed by atoms with Crippen molar-refractivity contribution in [2.45, 2.75) is 38.6 Å². The number of nitrogens with zero attached hydrogens (tertiary/aromatic N) is 3. The van der Waals surface area contributed by atoms with Crippen molar-refractivity contribution in [2.24, 2.45) is 0 Å². The molecule has 1 saturated heterocycles. The van der Waals surface area contributed by atoms with E-state index in [1.807, 2.05) is 23.1 Å². The summed E-state index contributed by atoms with van der Waals surface area (Å²) < 4.78 is 0. The van der Waals surface area contributed by atoms with Crippen molar-refractivity contribution in [3.63, 3.8) is 0 Å². The Morgan fingerprint density at radius 3 is 2.48 bits per heavy atom. The number of aromatic nitrogens is 1. The second-order valence-electron chi connectivity index (χ2n) is 7.05. The summed E-state index contributed by atoms with van der Waals surface area (Å²) in [7, 11) is 0. The third kappa shape index (κ3) is 3.53. The predicted molar refractivity (Wildman–Crippen MR) is 99.8 cm³/mol. The van der Waals surface area contributed by atoms with Gasteiger partial charge in [0.05, 0.1) is 0 Å². The monoisotopic (exact) mass is 335 g/mol. The molecule has 0 aliphatic carbocycles. The molecule has 0 bridgehead atoms. The minimum Gasteiger partial charge on any atom is -0.371 e. The second kappa shape index (κ2) is 7.26. The van der Waals surface area contributed by atoms with Crippen molar-refractivity contribution in [3.05, 3.63) is 59.4 Å². The van der Waals surface area contributed by atoms with E-state index < -0.39 is 0 Å². The Balaban J connectivity index is 1.52. The number of pyridine rings is 1. The molecule has 25 heavy (non-hydrogen) atoms. The van der Waals surface area contributed by atoms with Gasteiger partial charge in [0.2, 0.25) is 0 Å². The zero-order valence-electron chi connectivity index (χ0n) is 14.7. The van der Waals surface area contributed by atoms with Gasteiger partial charge in [-0.25, -0.2) is 0 Å². The highest BCUT2D eigenvalue weighted by Crippen LogP contribution is 2.23. The van der Waals surface area contributed by atoms with Gasteiger partial charge in [0.25, 0.3) is 5.91 Å². The number of rotatable bonds is 2. The van der Waals surface area contributed by atoms with Gasteiger partial charge in [-0.3, -0.25) is 9.78 Å². The van der Waals surface area contributed by atoms with Crippen molar-refractivity contribution in [2.75, 3.05) is 24.5 Å². The molecule has 2 aliphatic heterocycles. The smallest absolute Gasteiger partial charge is 0.272 e. The Kier molecular flexibility index (Phi) is 4.68. The second-order valence-corrected chi connectivity index (χ2v) is 7.05. The van der Waals surface area contributed by atoms with Gasteiger partial charge >= 0.3 is 0 Å². The molecule has 1 amide bonds. The molecule has 0 saturated carbocycles. The molecule has 1 aromatic heterocycles. The van der Waals surface area contributed by atoms with Crippen LogP contribution in [0.1, 0.15) is 47.3 Å². The van der Waals surface area contributed by atoms with E-state index in [1.54, 1.807) is 6.20 Å². The number of amides is 1. The van der Waals surface area contributed by atoms with Gasteiger partial charge in [0.15, 0.2) is 0 Å². The lowest BCUT2D eigenvalue weighted by Gasteiger charge is -2.29. The molecular weight excluding hydrogens is 310 g/mol. The van der Waals surface area contributed by atoms with Gasteiger partial charge in [0.1, 0.15) is 5.69 Å². The number of carbonyl (C=O) groups is 1. The Morgan fingerprint density at radius 1 is 0.920 bits per heavy atom. The normalized spacial score (nSPS) is 17.8. The number of anilines is 1. The van der Waals surface area contributed by atoms with Crippen LogP contribution in [0.5, 0.6) is 0 Å². The van der Waals surface area contributed by atoms with E-state index >= 15 is 0 Å². The third-order valence-electron chi connectivity index (χ3n) is 5.35. The summed E-state index contributed by atoms with van der Waals surface area (Å²) in [5.41, 5.74) is 4.32. The van der Waals surface area contributed by atoms with Crippen LogP contribution in [0.4, 0.5) is 5.69 Å². The molecular formula is C21H25N3O. The molecule has 0 atom stereocenters. The van der Waals surface area contributed by atoms with Crippen molar-refractivity contribution in [3.8, 4) is 0 Å². The van der Waals surface area contributed by atoms with E-state index in [0.717, 1.165) is 31.7 Å². The van der Waals surface area contributed by atoms with E-state index in [-0.39, 0.29) is 5.91 Å². The molecule has 2 aromatic rings. The highest BCUT2D eigenvalue weighted by molar-refractivity contribution is 5.93. The van der Waals surface area contributed by atoms with Crippen LogP contribution in [0.25, 0.3) is 0 Å². The standard InChI is InChI=1S/C21H25N3O/c25-21(24-14-10-17-7-3-4-8-18(17)16-24)20-15-19(9-11-22-20)23-12-5-1-2-6-13-23/h3-4,7-9,11,15H,1-2,5-6,10,12-14,16H2. The van der Waals surface area contributed by atoms with Crippen LogP contribution in [0, 0.1) is 0 Å². The van der Waals surface area contributed by atoms with E-state index in [4.69, 9.17) is 0 Å². The van der Waals surface area contributed by atoms with Crippen LogP contribution in [0.2, 0.25) is 0 Å². The summed E-state index contributed by atoms with van der Waals surface area (Å²) >= 11 is 0.